The highest BCUT2D eigenvalue weighted by atomic mass is 31.2. The van der Waals surface area contributed by atoms with E-state index in [1.807, 2.05) is 0 Å². The van der Waals surface area contributed by atoms with Crippen LogP contribution in [-0.4, -0.2) is 98.3 Å². The van der Waals surface area contributed by atoms with E-state index in [1.54, 1.807) is 0 Å². The van der Waals surface area contributed by atoms with Crippen molar-refractivity contribution in [1.82, 2.24) is 0 Å². The molecule has 0 aromatic heterocycles. The summed E-state index contributed by atoms with van der Waals surface area (Å²) in [6.07, 6.45) is 30.8. The number of phosphoric acid groups is 1. The normalized spacial score (nSPS) is 21.8. The van der Waals surface area contributed by atoms with Crippen molar-refractivity contribution in [3.63, 3.8) is 0 Å². The minimum absolute atomic E-state index is 0.0960. The Kier molecular flexibility index (Phi) is 37.2. The summed E-state index contributed by atoms with van der Waals surface area (Å²) in [4.78, 5) is 35.8. The zero-order valence-electron chi connectivity index (χ0n) is 39.4. The van der Waals surface area contributed by atoms with Crippen LogP contribution in [0, 0.1) is 0 Å². The van der Waals surface area contributed by atoms with Crippen molar-refractivity contribution in [3.05, 3.63) is 24.3 Å². The molecular formula is C49H91O13P. The second-order valence-corrected chi connectivity index (χ2v) is 19.1. The molecule has 13 nitrogen and oxygen atoms in total. The van der Waals surface area contributed by atoms with Crippen molar-refractivity contribution in [2.75, 3.05) is 13.2 Å². The van der Waals surface area contributed by atoms with Crippen LogP contribution in [0.1, 0.15) is 219 Å². The molecule has 0 bridgehead atoms. The van der Waals surface area contributed by atoms with Crippen LogP contribution in [-0.2, 0) is 32.7 Å². The highest BCUT2D eigenvalue weighted by molar-refractivity contribution is 7.47. The van der Waals surface area contributed by atoms with Gasteiger partial charge in [0.25, 0.3) is 0 Å². The van der Waals surface area contributed by atoms with Gasteiger partial charge in [0.2, 0.25) is 0 Å². The topological polar surface area (TPSA) is 210 Å². The zero-order chi connectivity index (χ0) is 46.4. The van der Waals surface area contributed by atoms with Crippen LogP contribution in [0.25, 0.3) is 0 Å². The molecule has 0 heterocycles. The number of carbonyl (C=O) groups is 2. The molecule has 1 aliphatic rings. The van der Waals surface area contributed by atoms with E-state index in [0.29, 0.717) is 12.8 Å². The summed E-state index contributed by atoms with van der Waals surface area (Å²) < 4.78 is 33.6. The number of allylic oxidation sites excluding steroid dienone is 4. The number of carbonyl (C=O) groups excluding carboxylic acids is 2. The maximum absolute atomic E-state index is 12.8. The summed E-state index contributed by atoms with van der Waals surface area (Å²) in [7, 11) is -5.12. The zero-order valence-corrected chi connectivity index (χ0v) is 40.3. The molecule has 370 valence electrons. The van der Waals surface area contributed by atoms with Gasteiger partial charge in [0.1, 0.15) is 43.2 Å². The minimum Gasteiger partial charge on any atom is -0.462 e. The van der Waals surface area contributed by atoms with Crippen LogP contribution in [0.15, 0.2) is 24.3 Å². The molecule has 0 saturated heterocycles. The average Bonchev–Trinajstić information content (AvgIpc) is 3.26. The maximum Gasteiger partial charge on any atom is 0.472 e. The molecule has 0 aromatic carbocycles. The van der Waals surface area contributed by atoms with E-state index in [0.717, 1.165) is 57.8 Å². The van der Waals surface area contributed by atoms with Crippen LogP contribution in [0.2, 0.25) is 0 Å². The maximum atomic E-state index is 12.8. The van der Waals surface area contributed by atoms with E-state index in [1.165, 1.54) is 122 Å². The van der Waals surface area contributed by atoms with Gasteiger partial charge in [-0.3, -0.25) is 18.6 Å². The first-order valence-electron chi connectivity index (χ1n) is 25.1. The molecule has 8 atom stereocenters. The number of rotatable bonds is 42. The number of aliphatic hydroxyl groups excluding tert-OH is 5. The van der Waals surface area contributed by atoms with E-state index < -0.39 is 75.7 Å². The molecule has 0 aromatic rings. The number of ether oxygens (including phenoxy) is 2. The van der Waals surface area contributed by atoms with Gasteiger partial charge in [0, 0.05) is 12.8 Å². The lowest BCUT2D eigenvalue weighted by Gasteiger charge is -2.41. The number of esters is 2. The highest BCUT2D eigenvalue weighted by Gasteiger charge is 2.51. The summed E-state index contributed by atoms with van der Waals surface area (Å²) in [6.45, 7) is 3.29. The second-order valence-electron chi connectivity index (χ2n) is 17.7. The quantitative estimate of drug-likeness (QED) is 0.0146. The first kappa shape index (κ1) is 59.3. The van der Waals surface area contributed by atoms with E-state index in [2.05, 4.69) is 38.2 Å². The Morgan fingerprint density at radius 1 is 0.476 bits per heavy atom. The SMILES string of the molecule is CCCC/C=C/CCCCCCCCCCCC(=O)O[C@@H](COC(=O)CCCCCCCCCCC/C=C/CCCCCCCC)COP(=O)(O)OC1C(O)C(O)C(O)[C@H](O)C1O. The van der Waals surface area contributed by atoms with Crippen molar-refractivity contribution in [1.29, 1.82) is 0 Å². The lowest BCUT2D eigenvalue weighted by molar-refractivity contribution is -0.220. The molecule has 1 rings (SSSR count). The van der Waals surface area contributed by atoms with E-state index >= 15 is 0 Å². The van der Waals surface area contributed by atoms with E-state index in [9.17, 15) is 44.6 Å². The summed E-state index contributed by atoms with van der Waals surface area (Å²) in [6, 6.07) is 0. The number of unbranched alkanes of at least 4 members (excludes halogenated alkanes) is 26. The predicted molar refractivity (Wildman–Crippen MR) is 249 cm³/mol. The van der Waals surface area contributed by atoms with Gasteiger partial charge < -0.3 is 39.9 Å². The van der Waals surface area contributed by atoms with Crippen molar-refractivity contribution < 1.29 is 63.1 Å². The van der Waals surface area contributed by atoms with Crippen LogP contribution < -0.4 is 0 Å². The van der Waals surface area contributed by atoms with Gasteiger partial charge in [-0.25, -0.2) is 4.57 Å². The Hall–Kier alpha value is -1.67. The molecule has 0 aliphatic heterocycles. The second kappa shape index (κ2) is 39.5. The Balaban J connectivity index is 2.40. The van der Waals surface area contributed by atoms with E-state index in [-0.39, 0.29) is 12.8 Å². The average molecular weight is 919 g/mol. The van der Waals surface area contributed by atoms with Gasteiger partial charge in [-0.2, -0.15) is 0 Å². The molecule has 1 aliphatic carbocycles. The standard InChI is InChI=1S/C49H91O13P/c1-3-5-7-9-11-13-15-17-19-20-21-22-24-25-27-29-31-33-35-37-42(50)59-39-41(40-60-63(57,58)62-49-47(55)45(53)44(52)46(54)48(49)56)61-43(51)38-36-34-32-30-28-26-23-18-16-14-12-10-8-6-4-2/h10,12,17,19,41,44-49,52-56H,3-9,11,13-16,18,20-40H2,1-2H3,(H,57,58)/b12-10+,19-17+/t41-,44?,45-,46?,47?,48?,49?/m0/s1. The molecule has 0 amide bonds. The minimum atomic E-state index is -5.12. The Labute approximate surface area is 381 Å². The first-order chi connectivity index (χ1) is 30.4. The third kappa shape index (κ3) is 31.8. The number of hydrogen-bond acceptors (Lipinski definition) is 12. The van der Waals surface area contributed by atoms with Crippen LogP contribution >= 0.6 is 7.82 Å². The van der Waals surface area contributed by atoms with Gasteiger partial charge in [0.15, 0.2) is 6.10 Å². The highest BCUT2D eigenvalue weighted by Crippen LogP contribution is 2.47. The lowest BCUT2D eigenvalue weighted by Crippen LogP contribution is -2.64. The number of phosphoric ester groups is 1. The fourth-order valence-corrected chi connectivity index (χ4v) is 8.65. The monoisotopic (exact) mass is 919 g/mol. The lowest BCUT2D eigenvalue weighted by atomic mass is 9.85. The predicted octanol–water partition coefficient (Wildman–Crippen LogP) is 10.4. The first-order valence-corrected chi connectivity index (χ1v) is 26.6. The largest absolute Gasteiger partial charge is 0.472 e. The summed E-state index contributed by atoms with van der Waals surface area (Å²) in [5, 5.41) is 50.2. The molecule has 0 spiro atoms. The van der Waals surface area contributed by atoms with Crippen molar-refractivity contribution in [2.24, 2.45) is 0 Å². The van der Waals surface area contributed by atoms with Crippen LogP contribution in [0.4, 0.5) is 0 Å². The van der Waals surface area contributed by atoms with Gasteiger partial charge >= 0.3 is 19.8 Å². The molecular weight excluding hydrogens is 828 g/mol. The van der Waals surface area contributed by atoms with Crippen LogP contribution in [0.5, 0.6) is 0 Å². The molecule has 6 N–H and O–H groups in total. The molecule has 1 fully saturated rings. The summed E-state index contributed by atoms with van der Waals surface area (Å²) in [5.74, 6) is -1.10. The van der Waals surface area contributed by atoms with Gasteiger partial charge in [0.05, 0.1) is 6.61 Å². The Morgan fingerprint density at radius 3 is 1.25 bits per heavy atom. The van der Waals surface area contributed by atoms with Crippen LogP contribution in [0.3, 0.4) is 0 Å². The molecule has 6 unspecified atom stereocenters. The summed E-state index contributed by atoms with van der Waals surface area (Å²) >= 11 is 0. The van der Waals surface area contributed by atoms with Gasteiger partial charge in [-0.05, 0) is 57.8 Å². The third-order valence-electron chi connectivity index (χ3n) is 11.8. The Morgan fingerprint density at radius 2 is 0.825 bits per heavy atom. The summed E-state index contributed by atoms with van der Waals surface area (Å²) in [5.41, 5.74) is 0. The van der Waals surface area contributed by atoms with Crippen molar-refractivity contribution in [3.8, 4) is 0 Å². The Bertz CT molecular complexity index is 1200. The van der Waals surface area contributed by atoms with E-state index in [4.69, 9.17) is 18.5 Å². The number of aliphatic hydroxyl groups is 5. The molecule has 0 radical (unpaired) electrons. The molecule has 63 heavy (non-hydrogen) atoms. The van der Waals surface area contributed by atoms with Crippen molar-refractivity contribution >= 4 is 19.8 Å². The van der Waals surface area contributed by atoms with Gasteiger partial charge in [-0.15, -0.1) is 0 Å². The smallest absolute Gasteiger partial charge is 0.462 e. The third-order valence-corrected chi connectivity index (χ3v) is 12.8. The fourth-order valence-electron chi connectivity index (χ4n) is 7.68. The number of hydrogen-bond donors (Lipinski definition) is 6. The molecule has 14 heteroatoms. The van der Waals surface area contributed by atoms with Gasteiger partial charge in [-0.1, -0.05) is 173 Å². The van der Waals surface area contributed by atoms with Crippen molar-refractivity contribution in [2.45, 2.75) is 262 Å². The fraction of sp³-hybridized carbons (Fsp3) is 0.878. The molecule has 1 saturated carbocycles.